The molecule has 26 heavy (non-hydrogen) atoms. The molecule has 0 aliphatic heterocycles. The predicted octanol–water partition coefficient (Wildman–Crippen LogP) is 4.45. The van der Waals surface area contributed by atoms with Crippen LogP contribution in [0, 0.1) is 0 Å². The molecular weight excluding hydrogens is 324 g/mol. The lowest BCUT2D eigenvalue weighted by atomic mass is 10.1. The molecule has 0 atom stereocenters. The summed E-state index contributed by atoms with van der Waals surface area (Å²) < 4.78 is 0. The zero-order valence-electron chi connectivity index (χ0n) is 15.0. The van der Waals surface area contributed by atoms with E-state index < -0.39 is 0 Å². The Morgan fingerprint density at radius 1 is 1.04 bits per heavy atom. The fourth-order valence-corrected chi connectivity index (χ4v) is 2.63. The molecule has 1 N–H and O–H groups in total. The SMILES string of the molecule is CCN(Cc1ccccc1)c1nccc(Nc2ccc(C(C)=O)cc2)n1. The molecule has 1 aromatic heterocycles. The Morgan fingerprint density at radius 2 is 1.77 bits per heavy atom. The van der Waals surface area contributed by atoms with Crippen LogP contribution >= 0.6 is 0 Å². The van der Waals surface area contributed by atoms with E-state index in [0.29, 0.717) is 11.5 Å². The molecule has 0 unspecified atom stereocenters. The Kier molecular flexibility index (Phi) is 5.59. The van der Waals surface area contributed by atoms with Gasteiger partial charge in [0.05, 0.1) is 0 Å². The van der Waals surface area contributed by atoms with E-state index in [9.17, 15) is 4.79 Å². The zero-order chi connectivity index (χ0) is 18.4. The van der Waals surface area contributed by atoms with Crippen LogP contribution < -0.4 is 10.2 Å². The van der Waals surface area contributed by atoms with E-state index in [4.69, 9.17) is 0 Å². The van der Waals surface area contributed by atoms with E-state index >= 15 is 0 Å². The van der Waals surface area contributed by atoms with Crippen molar-refractivity contribution in [2.75, 3.05) is 16.8 Å². The molecule has 0 bridgehead atoms. The van der Waals surface area contributed by atoms with Crippen molar-refractivity contribution in [1.29, 1.82) is 0 Å². The summed E-state index contributed by atoms with van der Waals surface area (Å²) in [5.41, 5.74) is 2.79. The summed E-state index contributed by atoms with van der Waals surface area (Å²) in [6.45, 7) is 5.22. The van der Waals surface area contributed by atoms with Gasteiger partial charge in [-0.25, -0.2) is 4.98 Å². The molecule has 1 heterocycles. The van der Waals surface area contributed by atoms with E-state index in [1.54, 1.807) is 25.3 Å². The van der Waals surface area contributed by atoms with Crippen LogP contribution in [0.5, 0.6) is 0 Å². The average Bonchev–Trinajstić information content (AvgIpc) is 2.67. The van der Waals surface area contributed by atoms with Gasteiger partial charge in [0, 0.05) is 30.5 Å². The van der Waals surface area contributed by atoms with E-state index in [0.717, 1.165) is 24.6 Å². The number of rotatable bonds is 7. The van der Waals surface area contributed by atoms with Gasteiger partial charge in [0.15, 0.2) is 5.78 Å². The Bertz CT molecular complexity index is 863. The van der Waals surface area contributed by atoms with Crippen molar-refractivity contribution >= 4 is 23.2 Å². The average molecular weight is 346 g/mol. The lowest BCUT2D eigenvalue weighted by Gasteiger charge is -2.21. The molecule has 0 saturated carbocycles. The van der Waals surface area contributed by atoms with Gasteiger partial charge < -0.3 is 10.2 Å². The molecule has 3 rings (SSSR count). The maximum absolute atomic E-state index is 11.4. The van der Waals surface area contributed by atoms with Crippen LogP contribution in [0.4, 0.5) is 17.5 Å². The van der Waals surface area contributed by atoms with Gasteiger partial charge in [-0.3, -0.25) is 4.79 Å². The molecule has 0 aliphatic rings. The van der Waals surface area contributed by atoms with Crippen LogP contribution in [0.1, 0.15) is 29.8 Å². The summed E-state index contributed by atoms with van der Waals surface area (Å²) in [6, 6.07) is 19.5. The monoisotopic (exact) mass is 346 g/mol. The number of carbonyl (C=O) groups excluding carboxylic acids is 1. The minimum absolute atomic E-state index is 0.0559. The van der Waals surface area contributed by atoms with Crippen molar-refractivity contribution in [2.24, 2.45) is 0 Å². The molecule has 0 aliphatic carbocycles. The topological polar surface area (TPSA) is 58.1 Å². The minimum atomic E-state index is 0.0559. The normalized spacial score (nSPS) is 10.4. The first kappa shape index (κ1) is 17.6. The fourth-order valence-electron chi connectivity index (χ4n) is 2.63. The van der Waals surface area contributed by atoms with Crippen LogP contribution in [-0.4, -0.2) is 22.3 Å². The number of Topliss-reactive ketones (excluding diaryl/α,β-unsaturated/α-hetero) is 1. The van der Waals surface area contributed by atoms with Gasteiger partial charge in [-0.1, -0.05) is 30.3 Å². The van der Waals surface area contributed by atoms with Crippen molar-refractivity contribution in [3.63, 3.8) is 0 Å². The molecule has 5 nitrogen and oxygen atoms in total. The van der Waals surface area contributed by atoms with Crippen LogP contribution in [0.3, 0.4) is 0 Å². The molecule has 5 heteroatoms. The predicted molar refractivity (Wildman–Crippen MR) is 105 cm³/mol. The molecule has 0 saturated heterocycles. The number of hydrogen-bond acceptors (Lipinski definition) is 5. The summed E-state index contributed by atoms with van der Waals surface area (Å²) in [5, 5.41) is 3.26. The molecule has 3 aromatic rings. The summed E-state index contributed by atoms with van der Waals surface area (Å²) in [6.07, 6.45) is 1.75. The Balaban J connectivity index is 1.75. The van der Waals surface area contributed by atoms with E-state index in [1.807, 2.05) is 36.4 Å². The van der Waals surface area contributed by atoms with Crippen LogP contribution in [-0.2, 0) is 6.54 Å². The van der Waals surface area contributed by atoms with Crippen molar-refractivity contribution in [3.8, 4) is 0 Å². The second-order valence-electron chi connectivity index (χ2n) is 6.00. The lowest BCUT2D eigenvalue weighted by Crippen LogP contribution is -2.24. The van der Waals surface area contributed by atoms with Gasteiger partial charge in [-0.05, 0) is 49.7 Å². The van der Waals surface area contributed by atoms with Crippen molar-refractivity contribution in [2.45, 2.75) is 20.4 Å². The van der Waals surface area contributed by atoms with E-state index in [2.05, 4.69) is 39.2 Å². The first-order valence-electron chi connectivity index (χ1n) is 8.65. The van der Waals surface area contributed by atoms with Gasteiger partial charge in [0.1, 0.15) is 5.82 Å². The highest BCUT2D eigenvalue weighted by Crippen LogP contribution is 2.18. The summed E-state index contributed by atoms with van der Waals surface area (Å²) in [7, 11) is 0. The highest BCUT2D eigenvalue weighted by atomic mass is 16.1. The number of carbonyl (C=O) groups is 1. The second kappa shape index (κ2) is 8.25. The standard InChI is InChI=1S/C21H22N4O/c1-3-25(15-17-7-5-4-6-8-17)21-22-14-13-20(24-21)23-19-11-9-18(10-12-19)16(2)26/h4-14H,3,15H2,1-2H3,(H,22,23,24). The molecule has 0 fully saturated rings. The Labute approximate surface area is 153 Å². The lowest BCUT2D eigenvalue weighted by molar-refractivity contribution is 0.101. The van der Waals surface area contributed by atoms with E-state index in [1.165, 1.54) is 5.56 Å². The highest BCUT2D eigenvalue weighted by molar-refractivity contribution is 5.94. The van der Waals surface area contributed by atoms with Gasteiger partial charge in [0.25, 0.3) is 0 Å². The Hall–Kier alpha value is -3.21. The Morgan fingerprint density at radius 3 is 2.42 bits per heavy atom. The molecule has 0 spiro atoms. The second-order valence-corrected chi connectivity index (χ2v) is 6.00. The third-order valence-corrected chi connectivity index (χ3v) is 4.09. The third kappa shape index (κ3) is 4.45. The number of anilines is 3. The number of aromatic nitrogens is 2. The molecule has 2 aromatic carbocycles. The quantitative estimate of drug-likeness (QED) is 0.641. The molecule has 0 amide bonds. The number of ketones is 1. The number of benzene rings is 2. The van der Waals surface area contributed by atoms with Crippen LogP contribution in [0.25, 0.3) is 0 Å². The molecular formula is C21H22N4O. The summed E-state index contributed by atoms with van der Waals surface area (Å²) in [4.78, 5) is 22.5. The molecule has 0 radical (unpaired) electrons. The van der Waals surface area contributed by atoms with Crippen LogP contribution in [0.15, 0.2) is 66.9 Å². The smallest absolute Gasteiger partial charge is 0.227 e. The fraction of sp³-hybridized carbons (Fsp3) is 0.190. The van der Waals surface area contributed by atoms with Crippen molar-refractivity contribution in [1.82, 2.24) is 9.97 Å². The maximum atomic E-state index is 11.4. The van der Waals surface area contributed by atoms with Crippen molar-refractivity contribution in [3.05, 3.63) is 78.0 Å². The number of hydrogen-bond donors (Lipinski definition) is 1. The molecule has 132 valence electrons. The zero-order valence-corrected chi connectivity index (χ0v) is 15.0. The maximum Gasteiger partial charge on any atom is 0.227 e. The highest BCUT2D eigenvalue weighted by Gasteiger charge is 2.09. The van der Waals surface area contributed by atoms with E-state index in [-0.39, 0.29) is 5.78 Å². The largest absolute Gasteiger partial charge is 0.340 e. The van der Waals surface area contributed by atoms with Gasteiger partial charge in [-0.15, -0.1) is 0 Å². The van der Waals surface area contributed by atoms with Crippen molar-refractivity contribution < 1.29 is 4.79 Å². The number of nitrogens with zero attached hydrogens (tertiary/aromatic N) is 3. The number of nitrogens with one attached hydrogen (secondary N) is 1. The van der Waals surface area contributed by atoms with Gasteiger partial charge in [0.2, 0.25) is 5.95 Å². The van der Waals surface area contributed by atoms with Gasteiger partial charge in [-0.2, -0.15) is 4.98 Å². The first-order chi connectivity index (χ1) is 12.7. The minimum Gasteiger partial charge on any atom is -0.340 e. The van der Waals surface area contributed by atoms with Gasteiger partial charge >= 0.3 is 0 Å². The summed E-state index contributed by atoms with van der Waals surface area (Å²) in [5.74, 6) is 1.46. The summed E-state index contributed by atoms with van der Waals surface area (Å²) >= 11 is 0. The van der Waals surface area contributed by atoms with Crippen LogP contribution in [0.2, 0.25) is 0 Å². The third-order valence-electron chi connectivity index (χ3n) is 4.09. The first-order valence-corrected chi connectivity index (χ1v) is 8.65.